The first-order valence-corrected chi connectivity index (χ1v) is 10.1. The van der Waals surface area contributed by atoms with Crippen LogP contribution in [0.15, 0.2) is 0 Å². The van der Waals surface area contributed by atoms with Gasteiger partial charge in [0.15, 0.2) is 5.78 Å². The van der Waals surface area contributed by atoms with E-state index in [0.29, 0.717) is 17.8 Å². The molecule has 0 spiro atoms. The van der Waals surface area contributed by atoms with Crippen molar-refractivity contribution in [3.8, 4) is 0 Å². The SMILES string of the molecule is CC(=O)[C@]1(O)CC[C@@H]2[C@@H]3CC[C@@H]4CCCC[C@]4(C)[C@H]3CC[C@@]21C. The predicted octanol–water partition coefficient (Wildman–Crippen LogP) is 4.74. The largest absolute Gasteiger partial charge is 0.382 e. The van der Waals surface area contributed by atoms with E-state index in [0.717, 1.165) is 30.6 Å². The average molecular weight is 319 g/mol. The second-order valence-electron chi connectivity index (χ2n) is 9.81. The predicted molar refractivity (Wildman–Crippen MR) is 92.0 cm³/mol. The molecule has 4 aliphatic rings. The Labute approximate surface area is 141 Å². The van der Waals surface area contributed by atoms with Gasteiger partial charge in [-0.2, -0.15) is 0 Å². The van der Waals surface area contributed by atoms with Crippen LogP contribution in [0.5, 0.6) is 0 Å². The van der Waals surface area contributed by atoms with Crippen LogP contribution in [0.4, 0.5) is 0 Å². The maximum atomic E-state index is 12.2. The monoisotopic (exact) mass is 318 g/mol. The van der Waals surface area contributed by atoms with Crippen LogP contribution in [-0.4, -0.2) is 16.5 Å². The molecule has 0 heterocycles. The van der Waals surface area contributed by atoms with Crippen molar-refractivity contribution in [1.82, 2.24) is 0 Å². The Kier molecular flexibility index (Phi) is 3.55. The fourth-order valence-corrected chi connectivity index (χ4v) is 7.89. The Morgan fingerprint density at radius 2 is 1.65 bits per heavy atom. The molecule has 4 saturated carbocycles. The van der Waals surface area contributed by atoms with Crippen molar-refractivity contribution in [3.05, 3.63) is 0 Å². The van der Waals surface area contributed by atoms with E-state index in [4.69, 9.17) is 0 Å². The first-order valence-electron chi connectivity index (χ1n) is 10.1. The molecule has 23 heavy (non-hydrogen) atoms. The fraction of sp³-hybridized carbons (Fsp3) is 0.952. The lowest BCUT2D eigenvalue weighted by Crippen LogP contribution is -2.58. The first-order chi connectivity index (χ1) is 10.8. The average Bonchev–Trinajstić information content (AvgIpc) is 2.80. The molecule has 0 aromatic carbocycles. The Balaban J connectivity index is 1.67. The molecule has 0 unspecified atom stereocenters. The number of aliphatic hydroxyl groups is 1. The van der Waals surface area contributed by atoms with Gasteiger partial charge in [-0.3, -0.25) is 4.79 Å². The highest BCUT2D eigenvalue weighted by atomic mass is 16.3. The molecule has 7 atom stereocenters. The Morgan fingerprint density at radius 3 is 2.39 bits per heavy atom. The van der Waals surface area contributed by atoms with Crippen molar-refractivity contribution in [3.63, 3.8) is 0 Å². The van der Waals surface area contributed by atoms with E-state index in [1.807, 2.05) is 0 Å². The molecule has 4 rings (SSSR count). The summed E-state index contributed by atoms with van der Waals surface area (Å²) in [7, 11) is 0. The molecule has 4 aliphatic carbocycles. The number of ketones is 1. The van der Waals surface area contributed by atoms with Crippen molar-refractivity contribution in [2.75, 3.05) is 0 Å². The van der Waals surface area contributed by atoms with Crippen molar-refractivity contribution < 1.29 is 9.90 Å². The zero-order chi connectivity index (χ0) is 16.5. The number of rotatable bonds is 1. The highest BCUT2D eigenvalue weighted by molar-refractivity contribution is 5.86. The van der Waals surface area contributed by atoms with Crippen molar-refractivity contribution in [1.29, 1.82) is 0 Å². The number of fused-ring (bicyclic) bond motifs is 5. The summed E-state index contributed by atoms with van der Waals surface area (Å²) in [5, 5.41) is 11.2. The summed E-state index contributed by atoms with van der Waals surface area (Å²) in [5.41, 5.74) is -0.676. The summed E-state index contributed by atoms with van der Waals surface area (Å²) in [4.78, 5) is 12.2. The fourth-order valence-electron chi connectivity index (χ4n) is 7.89. The van der Waals surface area contributed by atoms with Gasteiger partial charge >= 0.3 is 0 Å². The second kappa shape index (κ2) is 5.07. The number of Topliss-reactive ketones (excluding diaryl/α,β-unsaturated/α-hetero) is 1. The molecule has 0 bridgehead atoms. The van der Waals surface area contributed by atoms with Crippen LogP contribution < -0.4 is 0 Å². The third-order valence-corrected chi connectivity index (χ3v) is 9.32. The van der Waals surface area contributed by atoms with Gasteiger partial charge in [-0.05, 0) is 87.4 Å². The molecule has 0 aromatic heterocycles. The first kappa shape index (κ1) is 16.1. The van der Waals surface area contributed by atoms with E-state index in [9.17, 15) is 9.90 Å². The molecule has 0 amide bonds. The van der Waals surface area contributed by atoms with E-state index < -0.39 is 5.60 Å². The van der Waals surface area contributed by atoms with Gasteiger partial charge in [0, 0.05) is 5.41 Å². The van der Waals surface area contributed by atoms with Gasteiger partial charge in [0.1, 0.15) is 5.60 Å². The Bertz CT molecular complexity index is 514. The Morgan fingerprint density at radius 1 is 0.913 bits per heavy atom. The lowest BCUT2D eigenvalue weighted by molar-refractivity contribution is -0.167. The summed E-state index contributed by atoms with van der Waals surface area (Å²) in [6, 6.07) is 0. The van der Waals surface area contributed by atoms with Crippen LogP contribution in [0, 0.1) is 34.5 Å². The van der Waals surface area contributed by atoms with Gasteiger partial charge in [0.25, 0.3) is 0 Å². The smallest absolute Gasteiger partial charge is 0.161 e. The minimum absolute atomic E-state index is 0.0125. The molecule has 0 radical (unpaired) electrons. The quantitative estimate of drug-likeness (QED) is 0.758. The molecule has 1 N–H and O–H groups in total. The maximum Gasteiger partial charge on any atom is 0.161 e. The highest BCUT2D eigenvalue weighted by Gasteiger charge is 2.65. The molecular formula is C21H34O2. The summed E-state index contributed by atoms with van der Waals surface area (Å²) in [6.07, 6.45) is 12.5. The number of carbonyl (C=O) groups is 1. The van der Waals surface area contributed by atoms with Gasteiger partial charge in [-0.15, -0.1) is 0 Å². The van der Waals surface area contributed by atoms with Gasteiger partial charge in [0.05, 0.1) is 0 Å². The molecule has 4 fully saturated rings. The zero-order valence-electron chi connectivity index (χ0n) is 15.2. The molecule has 130 valence electrons. The van der Waals surface area contributed by atoms with Crippen LogP contribution in [0.25, 0.3) is 0 Å². The third kappa shape index (κ3) is 1.94. The van der Waals surface area contributed by atoms with Gasteiger partial charge in [0.2, 0.25) is 0 Å². The minimum atomic E-state index is -1.05. The van der Waals surface area contributed by atoms with E-state index in [2.05, 4.69) is 13.8 Å². The summed E-state index contributed by atoms with van der Waals surface area (Å²) < 4.78 is 0. The maximum absolute atomic E-state index is 12.2. The lowest BCUT2D eigenvalue weighted by Gasteiger charge is -2.61. The normalized spacial score (nSPS) is 55.7. The van der Waals surface area contributed by atoms with E-state index >= 15 is 0 Å². The Hall–Kier alpha value is -0.370. The summed E-state index contributed by atoms with van der Waals surface area (Å²) >= 11 is 0. The third-order valence-electron chi connectivity index (χ3n) is 9.32. The summed E-state index contributed by atoms with van der Waals surface area (Å²) in [5.74, 6) is 3.11. The van der Waals surface area contributed by atoms with Crippen LogP contribution in [-0.2, 0) is 4.79 Å². The minimum Gasteiger partial charge on any atom is -0.382 e. The second-order valence-corrected chi connectivity index (χ2v) is 9.81. The lowest BCUT2D eigenvalue weighted by atomic mass is 9.44. The molecule has 2 heteroatoms. The van der Waals surface area contributed by atoms with Crippen LogP contribution in [0.2, 0.25) is 0 Å². The van der Waals surface area contributed by atoms with E-state index in [-0.39, 0.29) is 11.2 Å². The number of hydrogen-bond donors (Lipinski definition) is 1. The van der Waals surface area contributed by atoms with Gasteiger partial charge in [-0.25, -0.2) is 0 Å². The van der Waals surface area contributed by atoms with Gasteiger partial charge < -0.3 is 5.11 Å². The zero-order valence-corrected chi connectivity index (χ0v) is 15.2. The van der Waals surface area contributed by atoms with Crippen LogP contribution >= 0.6 is 0 Å². The number of hydrogen-bond acceptors (Lipinski definition) is 2. The van der Waals surface area contributed by atoms with Crippen molar-refractivity contribution in [2.45, 2.75) is 90.6 Å². The highest BCUT2D eigenvalue weighted by Crippen LogP contribution is 2.68. The van der Waals surface area contributed by atoms with Crippen molar-refractivity contribution in [2.24, 2.45) is 34.5 Å². The van der Waals surface area contributed by atoms with E-state index in [1.54, 1.807) is 6.92 Å². The van der Waals surface area contributed by atoms with E-state index in [1.165, 1.54) is 44.9 Å². The standard InChI is InChI=1S/C21H34O2/c1-14(22)21(23)13-10-18-16-8-7-15-6-4-5-11-19(15,2)17(16)9-12-20(18,21)3/h15-18,23H,4-13H2,1-3H3/t15-,16+,17-,18+,19-,20-,21+/m0/s1. The summed E-state index contributed by atoms with van der Waals surface area (Å²) in [6.45, 7) is 6.43. The molecule has 2 nitrogen and oxygen atoms in total. The molecule has 0 aromatic rings. The van der Waals surface area contributed by atoms with Crippen molar-refractivity contribution >= 4 is 5.78 Å². The van der Waals surface area contributed by atoms with Crippen LogP contribution in [0.3, 0.4) is 0 Å². The molecular weight excluding hydrogens is 284 g/mol. The van der Waals surface area contributed by atoms with Gasteiger partial charge in [-0.1, -0.05) is 26.7 Å². The molecule has 0 saturated heterocycles. The molecule has 0 aliphatic heterocycles. The number of carbonyl (C=O) groups excluding carboxylic acids is 1. The topological polar surface area (TPSA) is 37.3 Å². The van der Waals surface area contributed by atoms with Crippen LogP contribution in [0.1, 0.15) is 85.0 Å².